The Hall–Kier alpha value is -0.860. The molecule has 0 aliphatic heterocycles. The number of ether oxygens (including phenoxy) is 1. The molecule has 1 rings (SSSR count). The highest BCUT2D eigenvalue weighted by atomic mass is 79.9. The summed E-state index contributed by atoms with van der Waals surface area (Å²) in [7, 11) is 1.55. The van der Waals surface area contributed by atoms with Crippen molar-refractivity contribution in [3.05, 3.63) is 28.2 Å². The zero-order valence-electron chi connectivity index (χ0n) is 10.8. The molecular formula is C12H14BrF3N2OS. The Morgan fingerprint density at radius 2 is 2.10 bits per heavy atom. The Morgan fingerprint density at radius 1 is 1.45 bits per heavy atom. The molecule has 1 aromatic rings. The Kier molecular flexibility index (Phi) is 6.22. The van der Waals surface area contributed by atoms with E-state index in [1.807, 2.05) is 6.92 Å². The molecule has 0 fully saturated rings. The summed E-state index contributed by atoms with van der Waals surface area (Å²) < 4.78 is 43.3. The molecule has 0 amide bonds. The normalized spacial score (nSPS) is 12.9. The van der Waals surface area contributed by atoms with Crippen LogP contribution in [0.5, 0.6) is 0 Å². The smallest absolute Gasteiger partial charge is 0.383 e. The second kappa shape index (κ2) is 7.24. The maximum Gasteiger partial charge on any atom is 0.416 e. The third-order valence-corrected chi connectivity index (χ3v) is 3.25. The molecular weight excluding hydrogens is 357 g/mol. The highest BCUT2D eigenvalue weighted by Gasteiger charge is 2.31. The van der Waals surface area contributed by atoms with Crippen molar-refractivity contribution < 1.29 is 17.9 Å². The zero-order valence-corrected chi connectivity index (χ0v) is 13.2. The van der Waals surface area contributed by atoms with Gasteiger partial charge in [0.25, 0.3) is 0 Å². The third kappa shape index (κ3) is 5.26. The number of methoxy groups -OCH3 is 1. The molecule has 0 saturated carbocycles. The molecule has 0 spiro atoms. The molecule has 112 valence electrons. The highest BCUT2D eigenvalue weighted by molar-refractivity contribution is 9.10. The summed E-state index contributed by atoms with van der Waals surface area (Å²) in [6.07, 6.45) is -4.39. The molecule has 8 heteroatoms. The molecule has 0 heterocycles. The summed E-state index contributed by atoms with van der Waals surface area (Å²) >= 11 is 8.22. The van der Waals surface area contributed by atoms with E-state index < -0.39 is 11.7 Å². The molecule has 0 bridgehead atoms. The minimum absolute atomic E-state index is 0.0513. The van der Waals surface area contributed by atoms with Gasteiger partial charge in [-0.25, -0.2) is 0 Å². The Labute approximate surface area is 129 Å². The quantitative estimate of drug-likeness (QED) is 0.790. The first-order valence-electron chi connectivity index (χ1n) is 5.67. The van der Waals surface area contributed by atoms with E-state index in [2.05, 4.69) is 26.6 Å². The average Bonchev–Trinajstić information content (AvgIpc) is 2.30. The van der Waals surface area contributed by atoms with E-state index in [0.717, 1.165) is 12.1 Å². The molecule has 3 nitrogen and oxygen atoms in total. The maximum atomic E-state index is 12.6. The van der Waals surface area contributed by atoms with Crippen LogP contribution in [-0.4, -0.2) is 24.9 Å². The van der Waals surface area contributed by atoms with Crippen LogP contribution in [0.25, 0.3) is 0 Å². The molecule has 20 heavy (non-hydrogen) atoms. The van der Waals surface area contributed by atoms with Gasteiger partial charge < -0.3 is 15.4 Å². The lowest BCUT2D eigenvalue weighted by Gasteiger charge is -2.17. The fraction of sp³-hybridized carbons (Fsp3) is 0.417. The number of hydrogen-bond acceptors (Lipinski definition) is 2. The van der Waals surface area contributed by atoms with Crippen LogP contribution in [-0.2, 0) is 10.9 Å². The van der Waals surface area contributed by atoms with Crippen LogP contribution in [0.1, 0.15) is 12.5 Å². The van der Waals surface area contributed by atoms with Crippen LogP contribution in [0.4, 0.5) is 18.9 Å². The van der Waals surface area contributed by atoms with Gasteiger partial charge in [-0.05, 0) is 53.3 Å². The summed E-state index contributed by atoms with van der Waals surface area (Å²) in [5.41, 5.74) is -0.488. The van der Waals surface area contributed by atoms with E-state index in [1.165, 1.54) is 6.07 Å². The molecule has 1 unspecified atom stereocenters. The summed E-state index contributed by atoms with van der Waals surface area (Å²) in [6, 6.07) is 3.27. The summed E-state index contributed by atoms with van der Waals surface area (Å²) in [5, 5.41) is 5.87. The lowest BCUT2D eigenvalue weighted by atomic mass is 10.2. The SMILES string of the molecule is COCC(C)NC(=S)Nc1cc(C(F)(F)F)ccc1Br. The third-order valence-electron chi connectivity index (χ3n) is 2.34. The fourth-order valence-corrected chi connectivity index (χ4v) is 2.13. The van der Waals surface area contributed by atoms with Crippen molar-refractivity contribution in [3.8, 4) is 0 Å². The average molecular weight is 371 g/mol. The van der Waals surface area contributed by atoms with Gasteiger partial charge in [0.05, 0.1) is 17.9 Å². The van der Waals surface area contributed by atoms with Crippen molar-refractivity contribution in [2.75, 3.05) is 19.0 Å². The van der Waals surface area contributed by atoms with Crippen LogP contribution in [0.15, 0.2) is 22.7 Å². The predicted octanol–water partition coefficient (Wildman–Crippen LogP) is 3.79. The Morgan fingerprint density at radius 3 is 2.65 bits per heavy atom. The number of anilines is 1. The van der Waals surface area contributed by atoms with Crippen LogP contribution in [0.2, 0.25) is 0 Å². The van der Waals surface area contributed by atoms with E-state index in [4.69, 9.17) is 17.0 Å². The summed E-state index contributed by atoms with van der Waals surface area (Å²) in [6.45, 7) is 2.28. The number of alkyl halides is 3. The van der Waals surface area contributed by atoms with Gasteiger partial charge >= 0.3 is 6.18 Å². The van der Waals surface area contributed by atoms with Crippen LogP contribution < -0.4 is 10.6 Å². The standard InChI is InChI=1S/C12H14BrF3N2OS/c1-7(6-19-2)17-11(20)18-10-5-8(12(14,15)16)3-4-9(10)13/h3-5,7H,6H2,1-2H3,(H2,17,18,20). The van der Waals surface area contributed by atoms with Gasteiger partial charge in [-0.3, -0.25) is 0 Å². The van der Waals surface area contributed by atoms with Gasteiger partial charge in [0.15, 0.2) is 5.11 Å². The molecule has 0 radical (unpaired) electrons. The maximum absolute atomic E-state index is 12.6. The second-order valence-electron chi connectivity index (χ2n) is 4.15. The van der Waals surface area contributed by atoms with E-state index in [1.54, 1.807) is 7.11 Å². The van der Waals surface area contributed by atoms with E-state index in [-0.39, 0.29) is 16.8 Å². The topological polar surface area (TPSA) is 33.3 Å². The zero-order chi connectivity index (χ0) is 15.3. The van der Waals surface area contributed by atoms with Gasteiger partial charge in [0, 0.05) is 17.6 Å². The molecule has 0 saturated heterocycles. The number of thiocarbonyl (C=S) groups is 1. The highest BCUT2D eigenvalue weighted by Crippen LogP contribution is 2.33. The number of hydrogen-bond donors (Lipinski definition) is 2. The van der Waals surface area contributed by atoms with Gasteiger partial charge in [0.1, 0.15) is 0 Å². The first kappa shape index (κ1) is 17.2. The van der Waals surface area contributed by atoms with Crippen molar-refractivity contribution in [2.45, 2.75) is 19.1 Å². The largest absolute Gasteiger partial charge is 0.416 e. The van der Waals surface area contributed by atoms with Crippen molar-refractivity contribution >= 4 is 38.9 Å². The van der Waals surface area contributed by atoms with Crippen molar-refractivity contribution in [3.63, 3.8) is 0 Å². The molecule has 0 aliphatic carbocycles. The van der Waals surface area contributed by atoms with E-state index >= 15 is 0 Å². The minimum atomic E-state index is -4.39. The molecule has 1 aromatic carbocycles. The van der Waals surface area contributed by atoms with Crippen LogP contribution >= 0.6 is 28.1 Å². The summed E-state index contributed by atoms with van der Waals surface area (Å²) in [4.78, 5) is 0. The number of nitrogens with one attached hydrogen (secondary N) is 2. The van der Waals surface area contributed by atoms with Crippen LogP contribution in [0, 0.1) is 0 Å². The lowest BCUT2D eigenvalue weighted by Crippen LogP contribution is -2.38. The van der Waals surface area contributed by atoms with Crippen LogP contribution in [0.3, 0.4) is 0 Å². The number of benzene rings is 1. The van der Waals surface area contributed by atoms with Crippen molar-refractivity contribution in [1.29, 1.82) is 0 Å². The van der Waals surface area contributed by atoms with E-state index in [0.29, 0.717) is 11.1 Å². The summed E-state index contributed by atoms with van der Waals surface area (Å²) in [5.74, 6) is 0. The van der Waals surface area contributed by atoms with Gasteiger partial charge in [-0.2, -0.15) is 13.2 Å². The number of halogens is 4. The second-order valence-corrected chi connectivity index (χ2v) is 5.41. The number of rotatable bonds is 4. The van der Waals surface area contributed by atoms with Gasteiger partial charge in [-0.15, -0.1) is 0 Å². The Bertz CT molecular complexity index is 482. The molecule has 0 aliphatic rings. The predicted molar refractivity (Wildman–Crippen MR) is 79.8 cm³/mol. The first-order valence-corrected chi connectivity index (χ1v) is 6.87. The Balaban J connectivity index is 2.79. The van der Waals surface area contributed by atoms with Gasteiger partial charge in [-0.1, -0.05) is 0 Å². The van der Waals surface area contributed by atoms with Crippen molar-refractivity contribution in [2.24, 2.45) is 0 Å². The van der Waals surface area contributed by atoms with E-state index in [9.17, 15) is 13.2 Å². The van der Waals surface area contributed by atoms with Crippen molar-refractivity contribution in [1.82, 2.24) is 5.32 Å². The van der Waals surface area contributed by atoms with Gasteiger partial charge in [0.2, 0.25) is 0 Å². The molecule has 1 atom stereocenters. The monoisotopic (exact) mass is 370 g/mol. The lowest BCUT2D eigenvalue weighted by molar-refractivity contribution is -0.137. The fourth-order valence-electron chi connectivity index (χ4n) is 1.47. The first-order chi connectivity index (χ1) is 9.24. The molecule has 0 aromatic heterocycles. The molecule has 2 N–H and O–H groups in total. The minimum Gasteiger partial charge on any atom is -0.383 e.